The van der Waals surface area contributed by atoms with Gasteiger partial charge in [-0.25, -0.2) is 0 Å². The highest BCUT2D eigenvalue weighted by atomic mass is 35.5. The molecule has 0 aliphatic heterocycles. The number of alkyl halides is 6. The zero-order chi connectivity index (χ0) is 13.6. The number of hydrogen-bond acceptors (Lipinski definition) is 2. The van der Waals surface area contributed by atoms with E-state index >= 15 is 0 Å². The van der Waals surface area contributed by atoms with Crippen LogP contribution in [0.1, 0.15) is 21.7 Å². The molecule has 1 heterocycles. The summed E-state index contributed by atoms with van der Waals surface area (Å²) in [6, 6.07) is 0. The molecule has 17 heavy (non-hydrogen) atoms. The summed E-state index contributed by atoms with van der Waals surface area (Å²) in [4.78, 5) is 10.7. The molecular weight excluding hydrogens is 278 g/mol. The molecule has 1 aromatic rings. The van der Waals surface area contributed by atoms with E-state index < -0.39 is 34.5 Å². The number of aromatic nitrogens is 2. The molecular formula is C7H3ClF6N2O. The molecule has 0 aromatic carbocycles. The number of rotatable bonds is 1. The first-order chi connectivity index (χ1) is 7.46. The van der Waals surface area contributed by atoms with E-state index in [0.717, 1.165) is 7.05 Å². The van der Waals surface area contributed by atoms with Gasteiger partial charge in [-0.2, -0.15) is 31.4 Å². The molecule has 0 aliphatic rings. The molecule has 96 valence electrons. The van der Waals surface area contributed by atoms with E-state index in [-0.39, 0.29) is 4.68 Å². The van der Waals surface area contributed by atoms with Gasteiger partial charge in [-0.3, -0.25) is 9.48 Å². The highest BCUT2D eigenvalue weighted by molar-refractivity contribution is 6.67. The molecule has 0 bridgehead atoms. The highest BCUT2D eigenvalue weighted by Crippen LogP contribution is 2.41. The molecule has 3 nitrogen and oxygen atoms in total. The second kappa shape index (κ2) is 3.90. The van der Waals surface area contributed by atoms with Gasteiger partial charge in [0.15, 0.2) is 5.69 Å². The van der Waals surface area contributed by atoms with Crippen molar-refractivity contribution in [1.82, 2.24) is 9.78 Å². The lowest BCUT2D eigenvalue weighted by Gasteiger charge is -2.09. The maximum absolute atomic E-state index is 12.4. The molecule has 0 saturated heterocycles. The maximum atomic E-state index is 12.4. The van der Waals surface area contributed by atoms with Crippen molar-refractivity contribution < 1.29 is 31.1 Å². The first kappa shape index (κ1) is 13.8. The fraction of sp³-hybridized carbons (Fsp3) is 0.429. The van der Waals surface area contributed by atoms with Crippen molar-refractivity contribution >= 4 is 16.8 Å². The summed E-state index contributed by atoms with van der Waals surface area (Å²) in [5.74, 6) is 0. The topological polar surface area (TPSA) is 34.9 Å². The molecule has 1 aromatic heterocycles. The Morgan fingerprint density at radius 3 is 1.94 bits per heavy atom. The van der Waals surface area contributed by atoms with Crippen molar-refractivity contribution in [1.29, 1.82) is 0 Å². The number of carbonyl (C=O) groups is 1. The molecule has 0 aliphatic carbocycles. The fourth-order valence-corrected chi connectivity index (χ4v) is 1.43. The Morgan fingerprint density at radius 2 is 1.65 bits per heavy atom. The predicted molar refractivity (Wildman–Crippen MR) is 43.4 cm³/mol. The standard InChI is InChI=1S/C7H3ClF6N2O/c1-16-3(5(8)17)2(6(9,10)11)4(15-16)7(12,13)14/h1H3. The highest BCUT2D eigenvalue weighted by Gasteiger charge is 2.49. The van der Waals surface area contributed by atoms with Crippen molar-refractivity contribution in [3.8, 4) is 0 Å². The van der Waals surface area contributed by atoms with Gasteiger partial charge in [0, 0.05) is 7.05 Å². The van der Waals surface area contributed by atoms with Gasteiger partial charge in [0.05, 0.1) is 0 Å². The lowest BCUT2D eigenvalue weighted by molar-refractivity contribution is -0.163. The lowest BCUT2D eigenvalue weighted by Crippen LogP contribution is -2.17. The Hall–Kier alpha value is -1.25. The molecule has 0 saturated carbocycles. The van der Waals surface area contributed by atoms with Gasteiger partial charge in [-0.05, 0) is 11.6 Å². The average molecular weight is 281 g/mol. The van der Waals surface area contributed by atoms with Gasteiger partial charge in [0.2, 0.25) is 0 Å². The van der Waals surface area contributed by atoms with E-state index in [2.05, 4.69) is 5.10 Å². The molecule has 0 spiro atoms. The van der Waals surface area contributed by atoms with Gasteiger partial charge in [-0.15, -0.1) is 0 Å². The van der Waals surface area contributed by atoms with Crippen LogP contribution < -0.4 is 0 Å². The summed E-state index contributed by atoms with van der Waals surface area (Å²) in [5.41, 5.74) is -5.70. The largest absolute Gasteiger partial charge is 0.435 e. The van der Waals surface area contributed by atoms with E-state index in [4.69, 9.17) is 11.6 Å². The van der Waals surface area contributed by atoms with Crippen LogP contribution in [0.15, 0.2) is 0 Å². The van der Waals surface area contributed by atoms with Gasteiger partial charge in [0.1, 0.15) is 11.3 Å². The van der Waals surface area contributed by atoms with Crippen molar-refractivity contribution in [3.63, 3.8) is 0 Å². The number of nitrogens with zero attached hydrogens (tertiary/aromatic N) is 2. The SMILES string of the molecule is Cn1nc(C(F)(F)F)c(C(F)(F)F)c1C(=O)Cl. The third kappa shape index (κ3) is 2.54. The zero-order valence-electron chi connectivity index (χ0n) is 7.95. The molecule has 1 rings (SSSR count). The first-order valence-electron chi connectivity index (χ1n) is 3.87. The third-order valence-corrected chi connectivity index (χ3v) is 1.96. The summed E-state index contributed by atoms with van der Waals surface area (Å²) in [7, 11) is 0.764. The summed E-state index contributed by atoms with van der Waals surface area (Å²) >= 11 is 4.82. The van der Waals surface area contributed by atoms with Crippen LogP contribution in [0.2, 0.25) is 0 Å². The second-order valence-electron chi connectivity index (χ2n) is 2.97. The van der Waals surface area contributed by atoms with Crippen LogP contribution in [-0.4, -0.2) is 15.0 Å². The van der Waals surface area contributed by atoms with Crippen LogP contribution >= 0.6 is 11.6 Å². The van der Waals surface area contributed by atoms with E-state index in [0.29, 0.717) is 0 Å². The molecule has 0 unspecified atom stereocenters. The molecule has 0 radical (unpaired) electrons. The van der Waals surface area contributed by atoms with Crippen LogP contribution in [0, 0.1) is 0 Å². The van der Waals surface area contributed by atoms with Crippen molar-refractivity contribution in [2.45, 2.75) is 12.4 Å². The lowest BCUT2D eigenvalue weighted by atomic mass is 10.1. The van der Waals surface area contributed by atoms with Crippen LogP contribution in [-0.2, 0) is 19.4 Å². The predicted octanol–water partition coefficient (Wildman–Crippen LogP) is 2.84. The monoisotopic (exact) mass is 280 g/mol. The Kier molecular flexibility index (Phi) is 3.17. The first-order valence-corrected chi connectivity index (χ1v) is 4.25. The van der Waals surface area contributed by atoms with Gasteiger partial charge >= 0.3 is 12.4 Å². The Balaban J connectivity index is 3.66. The zero-order valence-corrected chi connectivity index (χ0v) is 8.70. The van der Waals surface area contributed by atoms with Gasteiger partial charge < -0.3 is 0 Å². The maximum Gasteiger partial charge on any atom is 0.435 e. The van der Waals surface area contributed by atoms with Crippen molar-refractivity contribution in [2.75, 3.05) is 0 Å². The van der Waals surface area contributed by atoms with Crippen LogP contribution in [0.4, 0.5) is 26.3 Å². The summed E-state index contributed by atoms with van der Waals surface area (Å²) < 4.78 is 74.4. The molecule has 10 heteroatoms. The van der Waals surface area contributed by atoms with E-state index in [1.807, 2.05) is 0 Å². The van der Waals surface area contributed by atoms with E-state index in [1.165, 1.54) is 0 Å². The van der Waals surface area contributed by atoms with E-state index in [1.54, 1.807) is 0 Å². The number of carbonyl (C=O) groups excluding carboxylic acids is 1. The van der Waals surface area contributed by atoms with Crippen molar-refractivity contribution in [3.05, 3.63) is 17.0 Å². The minimum Gasteiger partial charge on any atom is -0.274 e. The minimum absolute atomic E-state index is 0.154. The van der Waals surface area contributed by atoms with Crippen LogP contribution in [0.25, 0.3) is 0 Å². The fourth-order valence-electron chi connectivity index (χ4n) is 1.22. The summed E-state index contributed by atoms with van der Waals surface area (Å²) in [6.07, 6.45) is -10.7. The molecule has 0 N–H and O–H groups in total. The number of halogens is 7. The second-order valence-corrected chi connectivity index (χ2v) is 3.31. The number of aryl methyl sites for hydroxylation is 1. The molecule has 0 atom stereocenters. The average Bonchev–Trinajstić information content (AvgIpc) is 2.40. The quantitative estimate of drug-likeness (QED) is 0.586. The van der Waals surface area contributed by atoms with Gasteiger partial charge in [0.25, 0.3) is 5.24 Å². The Labute approximate surface area is 95.0 Å². The van der Waals surface area contributed by atoms with E-state index in [9.17, 15) is 31.1 Å². The summed E-state index contributed by atoms with van der Waals surface area (Å²) in [5, 5.41) is 0.972. The van der Waals surface area contributed by atoms with Gasteiger partial charge in [-0.1, -0.05) is 0 Å². The smallest absolute Gasteiger partial charge is 0.274 e. The molecule has 0 amide bonds. The Bertz CT molecular complexity index is 460. The normalized spacial score (nSPS) is 12.9. The third-order valence-electron chi connectivity index (χ3n) is 1.79. The van der Waals surface area contributed by atoms with Crippen molar-refractivity contribution in [2.24, 2.45) is 7.05 Å². The Morgan fingerprint density at radius 1 is 1.18 bits per heavy atom. The van der Waals surface area contributed by atoms with Crippen LogP contribution in [0.5, 0.6) is 0 Å². The van der Waals surface area contributed by atoms with Crippen LogP contribution in [0.3, 0.4) is 0 Å². The summed E-state index contributed by atoms with van der Waals surface area (Å²) in [6.45, 7) is 0. The minimum atomic E-state index is -5.38. The molecule has 0 fully saturated rings. The number of hydrogen-bond donors (Lipinski definition) is 0.